The predicted octanol–water partition coefficient (Wildman–Crippen LogP) is 3.50. The summed E-state index contributed by atoms with van der Waals surface area (Å²) in [5, 5.41) is 25.4. The number of aromatic nitrogens is 3. The van der Waals surface area contributed by atoms with Crippen molar-refractivity contribution >= 4 is 29.9 Å². The average molecular weight is 564 g/mol. The van der Waals surface area contributed by atoms with Crippen LogP contribution >= 0.6 is 24.0 Å². The van der Waals surface area contributed by atoms with Crippen LogP contribution < -0.4 is 15.4 Å². The molecule has 0 saturated heterocycles. The molecule has 2 aromatic carbocycles. The predicted molar refractivity (Wildman–Crippen MR) is 141 cm³/mol. The van der Waals surface area contributed by atoms with E-state index in [1.807, 2.05) is 87.0 Å². The SMILES string of the molecule is Cc1nnc(CNC(=NCc2ccccc2)NCC(O)c2ccc(OC(C)C)cc2)n1C.I. The Balaban J connectivity index is 0.00000385. The third kappa shape index (κ3) is 8.32. The lowest BCUT2D eigenvalue weighted by molar-refractivity contribution is 0.180. The summed E-state index contributed by atoms with van der Waals surface area (Å²) >= 11 is 0. The zero-order chi connectivity index (χ0) is 22.9. The maximum atomic E-state index is 10.6. The second kappa shape index (κ2) is 13.1. The van der Waals surface area contributed by atoms with E-state index in [0.717, 1.165) is 28.5 Å². The van der Waals surface area contributed by atoms with Gasteiger partial charge in [-0.25, -0.2) is 4.99 Å². The van der Waals surface area contributed by atoms with Crippen LogP contribution in [-0.2, 0) is 20.1 Å². The number of halogens is 1. The Kier molecular flexibility index (Phi) is 10.6. The molecule has 0 saturated carbocycles. The lowest BCUT2D eigenvalue weighted by Crippen LogP contribution is -2.39. The topological polar surface area (TPSA) is 96.6 Å². The third-order valence-electron chi connectivity index (χ3n) is 4.96. The van der Waals surface area contributed by atoms with Crippen LogP contribution in [0.4, 0.5) is 0 Å². The van der Waals surface area contributed by atoms with E-state index in [2.05, 4.69) is 25.8 Å². The smallest absolute Gasteiger partial charge is 0.192 e. The Morgan fingerprint density at radius 2 is 1.76 bits per heavy atom. The molecule has 33 heavy (non-hydrogen) atoms. The number of hydrogen-bond donors (Lipinski definition) is 3. The van der Waals surface area contributed by atoms with Gasteiger partial charge in [0, 0.05) is 13.6 Å². The first kappa shape index (κ1) is 26.6. The number of aliphatic imine (C=N–C) groups is 1. The van der Waals surface area contributed by atoms with E-state index in [9.17, 15) is 5.11 Å². The molecule has 0 aliphatic rings. The van der Waals surface area contributed by atoms with Crippen LogP contribution in [0.1, 0.15) is 42.7 Å². The van der Waals surface area contributed by atoms with E-state index in [1.54, 1.807) is 0 Å². The van der Waals surface area contributed by atoms with Crippen LogP contribution in [0.5, 0.6) is 5.75 Å². The fraction of sp³-hybridized carbons (Fsp3) is 0.375. The van der Waals surface area contributed by atoms with Crippen molar-refractivity contribution in [2.24, 2.45) is 12.0 Å². The molecule has 0 bridgehead atoms. The van der Waals surface area contributed by atoms with E-state index in [-0.39, 0.29) is 30.1 Å². The maximum Gasteiger partial charge on any atom is 0.192 e. The highest BCUT2D eigenvalue weighted by Gasteiger charge is 2.11. The highest BCUT2D eigenvalue weighted by molar-refractivity contribution is 14.0. The molecule has 3 rings (SSSR count). The number of aryl methyl sites for hydroxylation is 1. The zero-order valence-electron chi connectivity index (χ0n) is 19.5. The van der Waals surface area contributed by atoms with Gasteiger partial charge in [0.1, 0.15) is 11.6 Å². The van der Waals surface area contributed by atoms with Crippen molar-refractivity contribution in [1.29, 1.82) is 0 Å². The first-order chi connectivity index (χ1) is 15.4. The molecular weight excluding hydrogens is 531 g/mol. The summed E-state index contributed by atoms with van der Waals surface area (Å²) < 4.78 is 7.60. The third-order valence-corrected chi connectivity index (χ3v) is 4.96. The lowest BCUT2D eigenvalue weighted by Gasteiger charge is -2.17. The molecular formula is C24H33IN6O2. The molecule has 1 aromatic heterocycles. The van der Waals surface area contributed by atoms with Crippen molar-refractivity contribution in [3.63, 3.8) is 0 Å². The fourth-order valence-electron chi connectivity index (χ4n) is 3.05. The van der Waals surface area contributed by atoms with Gasteiger partial charge < -0.3 is 25.0 Å². The minimum Gasteiger partial charge on any atom is -0.491 e. The van der Waals surface area contributed by atoms with Crippen LogP contribution in [-0.4, -0.2) is 38.5 Å². The standard InChI is InChI=1S/C24H32N6O2.HI/c1-17(2)32-21-12-10-20(11-13-21)22(31)15-26-24(25-14-19-8-6-5-7-9-19)27-16-23-29-28-18(3)30(23)4;/h5-13,17,22,31H,14-16H2,1-4H3,(H2,25,26,27);1H. The van der Waals surface area contributed by atoms with Gasteiger partial charge in [-0.15, -0.1) is 34.2 Å². The van der Waals surface area contributed by atoms with Gasteiger partial charge in [0.2, 0.25) is 0 Å². The normalized spacial score (nSPS) is 12.2. The Morgan fingerprint density at radius 1 is 1.06 bits per heavy atom. The number of guanidine groups is 1. The van der Waals surface area contributed by atoms with Crippen molar-refractivity contribution in [3.05, 3.63) is 77.4 Å². The maximum absolute atomic E-state index is 10.6. The van der Waals surface area contributed by atoms with Gasteiger partial charge in [-0.3, -0.25) is 0 Å². The highest BCUT2D eigenvalue weighted by atomic mass is 127. The monoisotopic (exact) mass is 564 g/mol. The number of ether oxygens (including phenoxy) is 1. The number of rotatable bonds is 9. The Labute approximate surface area is 212 Å². The minimum atomic E-state index is -0.691. The number of hydrogen-bond acceptors (Lipinski definition) is 5. The summed E-state index contributed by atoms with van der Waals surface area (Å²) in [6.07, 6.45) is -0.580. The lowest BCUT2D eigenvalue weighted by atomic mass is 10.1. The van der Waals surface area contributed by atoms with E-state index >= 15 is 0 Å². The van der Waals surface area contributed by atoms with E-state index in [4.69, 9.17) is 4.74 Å². The van der Waals surface area contributed by atoms with Crippen LogP contribution in [0, 0.1) is 6.92 Å². The quantitative estimate of drug-likeness (QED) is 0.209. The van der Waals surface area contributed by atoms with Crippen LogP contribution in [0.3, 0.4) is 0 Å². The first-order valence-corrected chi connectivity index (χ1v) is 10.8. The number of benzene rings is 2. The second-order valence-corrected chi connectivity index (χ2v) is 7.86. The van der Waals surface area contributed by atoms with Crippen LogP contribution in [0.15, 0.2) is 59.6 Å². The van der Waals surface area contributed by atoms with Gasteiger partial charge in [0.25, 0.3) is 0 Å². The summed E-state index contributed by atoms with van der Waals surface area (Å²) in [6, 6.07) is 17.5. The Hall–Kier alpha value is -2.66. The molecule has 3 aromatic rings. The molecule has 0 fully saturated rings. The van der Waals surface area contributed by atoms with Gasteiger partial charge in [-0.1, -0.05) is 42.5 Å². The van der Waals surface area contributed by atoms with Crippen molar-refractivity contribution in [2.45, 2.75) is 46.1 Å². The number of nitrogens with one attached hydrogen (secondary N) is 2. The first-order valence-electron chi connectivity index (χ1n) is 10.8. The average Bonchev–Trinajstić information content (AvgIpc) is 3.11. The van der Waals surface area contributed by atoms with Crippen molar-refractivity contribution in [3.8, 4) is 5.75 Å². The van der Waals surface area contributed by atoms with Gasteiger partial charge in [-0.05, 0) is 44.0 Å². The molecule has 0 aliphatic heterocycles. The van der Waals surface area contributed by atoms with Crippen molar-refractivity contribution < 1.29 is 9.84 Å². The largest absolute Gasteiger partial charge is 0.491 e. The van der Waals surface area contributed by atoms with Crippen molar-refractivity contribution in [1.82, 2.24) is 25.4 Å². The Morgan fingerprint density at radius 3 is 2.36 bits per heavy atom. The van der Waals surface area contributed by atoms with Gasteiger partial charge in [0.15, 0.2) is 11.8 Å². The molecule has 0 spiro atoms. The fourth-order valence-corrected chi connectivity index (χ4v) is 3.05. The molecule has 1 heterocycles. The molecule has 3 N–H and O–H groups in total. The van der Waals surface area contributed by atoms with Crippen molar-refractivity contribution in [2.75, 3.05) is 6.54 Å². The molecule has 178 valence electrons. The summed E-state index contributed by atoms with van der Waals surface area (Å²) in [5.74, 6) is 3.03. The Bertz CT molecular complexity index is 1010. The molecule has 1 atom stereocenters. The molecule has 8 nitrogen and oxygen atoms in total. The van der Waals surface area contributed by atoms with Crippen LogP contribution in [0.2, 0.25) is 0 Å². The van der Waals surface area contributed by atoms with E-state index < -0.39 is 6.10 Å². The van der Waals surface area contributed by atoms with E-state index in [0.29, 0.717) is 25.6 Å². The summed E-state index contributed by atoms with van der Waals surface area (Å²) in [4.78, 5) is 4.66. The minimum absolute atomic E-state index is 0. The summed E-state index contributed by atoms with van der Waals surface area (Å²) in [7, 11) is 1.93. The molecule has 0 amide bonds. The summed E-state index contributed by atoms with van der Waals surface area (Å²) in [6.45, 7) is 7.17. The summed E-state index contributed by atoms with van der Waals surface area (Å²) in [5.41, 5.74) is 1.91. The van der Waals surface area contributed by atoms with E-state index in [1.165, 1.54) is 0 Å². The molecule has 1 unspecified atom stereocenters. The van der Waals surface area contributed by atoms with Gasteiger partial charge in [-0.2, -0.15) is 0 Å². The molecule has 0 radical (unpaired) electrons. The number of aliphatic hydroxyl groups is 1. The van der Waals surface area contributed by atoms with Crippen LogP contribution in [0.25, 0.3) is 0 Å². The molecule has 9 heteroatoms. The van der Waals surface area contributed by atoms with Gasteiger partial charge in [0.05, 0.1) is 25.3 Å². The highest BCUT2D eigenvalue weighted by Crippen LogP contribution is 2.18. The molecule has 0 aliphatic carbocycles. The number of aliphatic hydroxyl groups excluding tert-OH is 1. The second-order valence-electron chi connectivity index (χ2n) is 7.86. The van der Waals surface area contributed by atoms with Gasteiger partial charge >= 0.3 is 0 Å². The number of nitrogens with zero attached hydrogens (tertiary/aromatic N) is 4. The zero-order valence-corrected chi connectivity index (χ0v) is 21.9.